The summed E-state index contributed by atoms with van der Waals surface area (Å²) in [6.07, 6.45) is 2.04. The fourth-order valence-corrected chi connectivity index (χ4v) is 5.30. The van der Waals surface area contributed by atoms with E-state index in [1.165, 1.54) is 4.31 Å². The second-order valence-electron chi connectivity index (χ2n) is 6.83. The van der Waals surface area contributed by atoms with Gasteiger partial charge in [-0.05, 0) is 61.2 Å². The Kier molecular flexibility index (Phi) is 7.15. The summed E-state index contributed by atoms with van der Waals surface area (Å²) < 4.78 is 28.0. The molecule has 0 aromatic heterocycles. The molecule has 0 radical (unpaired) electrons. The molecule has 1 amide bonds. The van der Waals surface area contributed by atoms with Gasteiger partial charge < -0.3 is 5.32 Å². The molecule has 1 fully saturated rings. The lowest BCUT2D eigenvalue weighted by Gasteiger charge is -2.31. The SMILES string of the molecule is O=C(NCCc1cccc(Cl)c1)[C@@H]1CCCN(S(=O)(=O)c2ccc(Br)cc2)C1. The zero-order valence-corrected chi connectivity index (χ0v) is 18.4. The summed E-state index contributed by atoms with van der Waals surface area (Å²) in [6.45, 7) is 1.14. The molecular weight excluding hydrogens is 464 g/mol. The van der Waals surface area contributed by atoms with E-state index in [0.717, 1.165) is 10.0 Å². The van der Waals surface area contributed by atoms with Gasteiger partial charge in [0.1, 0.15) is 0 Å². The van der Waals surface area contributed by atoms with Gasteiger partial charge in [0.05, 0.1) is 10.8 Å². The van der Waals surface area contributed by atoms with Crippen LogP contribution in [0, 0.1) is 5.92 Å². The summed E-state index contributed by atoms with van der Waals surface area (Å²) in [5, 5.41) is 3.60. The number of sulfonamides is 1. The van der Waals surface area contributed by atoms with E-state index in [9.17, 15) is 13.2 Å². The van der Waals surface area contributed by atoms with Gasteiger partial charge in [-0.2, -0.15) is 4.31 Å². The van der Waals surface area contributed by atoms with Gasteiger partial charge in [0.15, 0.2) is 0 Å². The molecule has 150 valence electrons. The maximum absolute atomic E-state index is 12.9. The molecule has 5 nitrogen and oxygen atoms in total. The van der Waals surface area contributed by atoms with E-state index < -0.39 is 10.0 Å². The molecular formula is C20H22BrClN2O3S. The van der Waals surface area contributed by atoms with Crippen LogP contribution in [-0.4, -0.2) is 38.3 Å². The van der Waals surface area contributed by atoms with Crippen LogP contribution in [0.5, 0.6) is 0 Å². The lowest BCUT2D eigenvalue weighted by Crippen LogP contribution is -2.45. The largest absolute Gasteiger partial charge is 0.355 e. The number of piperidine rings is 1. The Labute approximate surface area is 179 Å². The van der Waals surface area contributed by atoms with Gasteiger partial charge in [0, 0.05) is 29.1 Å². The molecule has 0 aliphatic carbocycles. The molecule has 1 heterocycles. The van der Waals surface area contributed by atoms with Crippen molar-refractivity contribution < 1.29 is 13.2 Å². The Hall–Kier alpha value is -1.41. The molecule has 1 aliphatic heterocycles. The van der Waals surface area contributed by atoms with Gasteiger partial charge >= 0.3 is 0 Å². The maximum atomic E-state index is 12.9. The van der Waals surface area contributed by atoms with Crippen LogP contribution < -0.4 is 5.32 Å². The summed E-state index contributed by atoms with van der Waals surface area (Å²) >= 11 is 9.29. The maximum Gasteiger partial charge on any atom is 0.243 e. The van der Waals surface area contributed by atoms with E-state index in [1.54, 1.807) is 24.3 Å². The minimum Gasteiger partial charge on any atom is -0.355 e. The first-order valence-corrected chi connectivity index (χ1v) is 11.8. The monoisotopic (exact) mass is 484 g/mol. The predicted octanol–water partition coefficient (Wildman–Crippen LogP) is 3.86. The number of rotatable bonds is 6. The molecule has 0 unspecified atom stereocenters. The number of hydrogen-bond donors (Lipinski definition) is 1. The van der Waals surface area contributed by atoms with E-state index >= 15 is 0 Å². The van der Waals surface area contributed by atoms with Crippen molar-refractivity contribution in [3.05, 3.63) is 63.6 Å². The number of nitrogens with zero attached hydrogens (tertiary/aromatic N) is 1. The minimum atomic E-state index is -3.60. The Morgan fingerprint density at radius 2 is 1.96 bits per heavy atom. The summed E-state index contributed by atoms with van der Waals surface area (Å²) in [5.41, 5.74) is 1.05. The van der Waals surface area contributed by atoms with Gasteiger partial charge in [-0.25, -0.2) is 8.42 Å². The van der Waals surface area contributed by atoms with Gasteiger partial charge in [-0.3, -0.25) is 4.79 Å². The van der Waals surface area contributed by atoms with Crippen molar-refractivity contribution in [2.24, 2.45) is 5.92 Å². The van der Waals surface area contributed by atoms with Crippen LogP contribution in [0.4, 0.5) is 0 Å². The van der Waals surface area contributed by atoms with Gasteiger partial charge in [-0.15, -0.1) is 0 Å². The highest BCUT2D eigenvalue weighted by Gasteiger charge is 2.33. The average molecular weight is 486 g/mol. The molecule has 0 spiro atoms. The number of nitrogens with one attached hydrogen (secondary N) is 1. The van der Waals surface area contributed by atoms with Crippen molar-refractivity contribution in [2.75, 3.05) is 19.6 Å². The Morgan fingerprint density at radius 1 is 1.21 bits per heavy atom. The number of halogens is 2. The zero-order valence-electron chi connectivity index (χ0n) is 15.3. The number of carbonyl (C=O) groups is 1. The van der Waals surface area contributed by atoms with Crippen LogP contribution in [0.15, 0.2) is 57.9 Å². The van der Waals surface area contributed by atoms with E-state index in [2.05, 4.69) is 21.2 Å². The molecule has 2 aromatic rings. The Morgan fingerprint density at radius 3 is 2.68 bits per heavy atom. The zero-order chi connectivity index (χ0) is 20.1. The first-order valence-electron chi connectivity index (χ1n) is 9.14. The molecule has 1 aliphatic rings. The van der Waals surface area contributed by atoms with Crippen LogP contribution in [0.25, 0.3) is 0 Å². The second kappa shape index (κ2) is 9.39. The summed E-state index contributed by atoms with van der Waals surface area (Å²) in [5.74, 6) is -0.434. The second-order valence-corrected chi connectivity index (χ2v) is 10.1. The minimum absolute atomic E-state index is 0.0993. The third kappa shape index (κ3) is 5.35. The predicted molar refractivity (Wildman–Crippen MR) is 114 cm³/mol. The lowest BCUT2D eigenvalue weighted by molar-refractivity contribution is -0.126. The normalized spacial score (nSPS) is 18.0. The highest BCUT2D eigenvalue weighted by atomic mass is 79.9. The highest BCUT2D eigenvalue weighted by molar-refractivity contribution is 9.10. The van der Waals surface area contributed by atoms with Crippen LogP contribution in [-0.2, 0) is 21.2 Å². The van der Waals surface area contributed by atoms with Crippen molar-refractivity contribution in [2.45, 2.75) is 24.2 Å². The highest BCUT2D eigenvalue weighted by Crippen LogP contribution is 2.25. The third-order valence-corrected chi connectivity index (χ3v) is 7.45. The van der Waals surface area contributed by atoms with Crippen LogP contribution in [0.3, 0.4) is 0 Å². The van der Waals surface area contributed by atoms with E-state index in [-0.39, 0.29) is 23.3 Å². The van der Waals surface area contributed by atoms with E-state index in [1.807, 2.05) is 24.3 Å². The van der Waals surface area contributed by atoms with Crippen molar-refractivity contribution >= 4 is 43.5 Å². The standard InChI is InChI=1S/C20H22BrClN2O3S/c21-17-6-8-19(9-7-17)28(26,27)24-12-2-4-16(14-24)20(25)23-11-10-15-3-1-5-18(22)13-15/h1,3,5-9,13,16H,2,4,10-12,14H2,(H,23,25)/t16-/m1/s1. The first kappa shape index (κ1) is 21.3. The Bertz CT molecular complexity index is 935. The van der Waals surface area contributed by atoms with Gasteiger partial charge in [0.25, 0.3) is 0 Å². The molecule has 3 rings (SSSR count). The van der Waals surface area contributed by atoms with Crippen molar-refractivity contribution in [3.8, 4) is 0 Å². The fraction of sp³-hybridized carbons (Fsp3) is 0.350. The van der Waals surface area contributed by atoms with Crippen LogP contribution >= 0.6 is 27.5 Å². The number of amides is 1. The molecule has 1 saturated heterocycles. The molecule has 1 atom stereocenters. The number of hydrogen-bond acceptors (Lipinski definition) is 3. The molecule has 8 heteroatoms. The molecule has 2 aromatic carbocycles. The smallest absolute Gasteiger partial charge is 0.243 e. The molecule has 28 heavy (non-hydrogen) atoms. The fourth-order valence-electron chi connectivity index (χ4n) is 3.30. The molecule has 1 N–H and O–H groups in total. The summed E-state index contributed by atoms with van der Waals surface area (Å²) in [7, 11) is -3.60. The molecule has 0 saturated carbocycles. The van der Waals surface area contributed by atoms with Crippen LogP contribution in [0.1, 0.15) is 18.4 Å². The number of carbonyl (C=O) groups excluding carboxylic acids is 1. The Balaban J connectivity index is 1.57. The van der Waals surface area contributed by atoms with Crippen LogP contribution in [0.2, 0.25) is 5.02 Å². The quantitative estimate of drug-likeness (QED) is 0.675. The molecule has 0 bridgehead atoms. The lowest BCUT2D eigenvalue weighted by atomic mass is 9.99. The summed E-state index contributed by atoms with van der Waals surface area (Å²) in [4.78, 5) is 12.8. The average Bonchev–Trinajstić information content (AvgIpc) is 2.68. The van der Waals surface area contributed by atoms with Gasteiger partial charge in [-0.1, -0.05) is 39.7 Å². The first-order chi connectivity index (χ1) is 13.4. The van der Waals surface area contributed by atoms with Crippen molar-refractivity contribution in [1.82, 2.24) is 9.62 Å². The van der Waals surface area contributed by atoms with Crippen molar-refractivity contribution in [1.29, 1.82) is 0 Å². The summed E-state index contributed by atoms with van der Waals surface area (Å²) in [6, 6.07) is 14.1. The third-order valence-electron chi connectivity index (χ3n) is 4.81. The van der Waals surface area contributed by atoms with E-state index in [0.29, 0.717) is 37.4 Å². The van der Waals surface area contributed by atoms with Crippen molar-refractivity contribution in [3.63, 3.8) is 0 Å². The van der Waals surface area contributed by atoms with E-state index in [4.69, 9.17) is 11.6 Å². The van der Waals surface area contributed by atoms with Gasteiger partial charge in [0.2, 0.25) is 15.9 Å². The number of benzene rings is 2. The topological polar surface area (TPSA) is 66.5 Å².